The lowest BCUT2D eigenvalue weighted by atomic mass is 10.2. The average molecular weight is 563 g/mol. The average Bonchev–Trinajstić information content (AvgIpc) is 2.98. The van der Waals surface area contributed by atoms with Gasteiger partial charge in [-0.1, -0.05) is 61.4 Å². The Morgan fingerprint density at radius 1 is 0.875 bits per heavy atom. The van der Waals surface area contributed by atoms with Gasteiger partial charge in [-0.2, -0.15) is 9.78 Å². The van der Waals surface area contributed by atoms with Gasteiger partial charge in [-0.15, -0.1) is 0 Å². The molecular formula is C28H34O12. The fourth-order valence-electron chi connectivity index (χ4n) is 2.53. The van der Waals surface area contributed by atoms with Crippen molar-refractivity contribution in [2.75, 3.05) is 26.6 Å². The van der Waals surface area contributed by atoms with E-state index in [1.165, 1.54) is 6.26 Å². The number of esters is 1. The van der Waals surface area contributed by atoms with Gasteiger partial charge in [0.1, 0.15) is 25.9 Å². The van der Waals surface area contributed by atoms with Gasteiger partial charge in [0.05, 0.1) is 12.9 Å². The minimum Gasteiger partial charge on any atom is -0.453 e. The summed E-state index contributed by atoms with van der Waals surface area (Å²) in [4.78, 5) is 52.8. The molecule has 40 heavy (non-hydrogen) atoms. The molecular weight excluding hydrogens is 528 g/mol. The van der Waals surface area contributed by atoms with E-state index in [-0.39, 0.29) is 39.6 Å². The van der Waals surface area contributed by atoms with E-state index < -0.39 is 18.5 Å². The summed E-state index contributed by atoms with van der Waals surface area (Å²) in [5.74, 6) is 2.12. The SMILES string of the molecule is CC#COC(OC=CCC)C(=O)OC(CCOOc1ccccc1)OOCCOOCOOCc1ccccc1. The minimum absolute atomic E-state index is 0.00693. The van der Waals surface area contributed by atoms with E-state index in [0.29, 0.717) is 12.2 Å². The third-order valence-electron chi connectivity index (χ3n) is 4.33. The Labute approximate surface area is 233 Å². The molecule has 0 spiro atoms. The molecule has 0 saturated heterocycles. The standard InChI is InChI=1S/C28H34O12/c1-3-5-18-31-28(30-17-4-2)27(29)38-26(16-19-33-39-25-14-10-7-11-15-25)40-34-21-20-32-36-23-37-35-22-24-12-8-6-9-13-24/h5-15,18,26,28H,3,16,19-23H2,1-2H3. The lowest BCUT2D eigenvalue weighted by Gasteiger charge is -2.19. The number of ether oxygens (including phenoxy) is 3. The number of carbonyl (C=O) groups is 1. The quantitative estimate of drug-likeness (QED) is 0.0382. The number of benzene rings is 2. The van der Waals surface area contributed by atoms with E-state index in [1.54, 1.807) is 37.3 Å². The number of carbonyl (C=O) groups excluding carboxylic acids is 1. The van der Waals surface area contributed by atoms with E-state index in [4.69, 9.17) is 53.3 Å². The number of rotatable bonds is 22. The van der Waals surface area contributed by atoms with Crippen molar-refractivity contribution in [2.45, 2.75) is 45.9 Å². The summed E-state index contributed by atoms with van der Waals surface area (Å²) in [6.45, 7) is 3.34. The topological polar surface area (TPSA) is 119 Å². The molecule has 2 aromatic rings. The first-order valence-corrected chi connectivity index (χ1v) is 12.5. The van der Waals surface area contributed by atoms with E-state index in [1.807, 2.05) is 43.3 Å². The summed E-state index contributed by atoms with van der Waals surface area (Å²) < 4.78 is 15.7. The smallest absolute Gasteiger partial charge is 0.392 e. The number of hydrogen-bond acceptors (Lipinski definition) is 12. The molecule has 2 atom stereocenters. The zero-order chi connectivity index (χ0) is 28.5. The molecule has 0 N–H and O–H groups in total. The molecule has 0 saturated carbocycles. The molecule has 0 bridgehead atoms. The van der Waals surface area contributed by atoms with Crippen molar-refractivity contribution in [1.82, 2.24) is 0 Å². The number of hydrogen-bond donors (Lipinski definition) is 0. The second-order valence-electron chi connectivity index (χ2n) is 7.43. The largest absolute Gasteiger partial charge is 0.453 e. The van der Waals surface area contributed by atoms with Crippen LogP contribution in [-0.4, -0.2) is 45.2 Å². The van der Waals surface area contributed by atoms with Gasteiger partial charge in [-0.05, 0) is 30.2 Å². The van der Waals surface area contributed by atoms with Crippen molar-refractivity contribution in [3.05, 3.63) is 78.6 Å². The van der Waals surface area contributed by atoms with Gasteiger partial charge in [0.15, 0.2) is 5.75 Å². The van der Waals surface area contributed by atoms with Crippen LogP contribution in [0.2, 0.25) is 0 Å². The van der Waals surface area contributed by atoms with Gasteiger partial charge in [0, 0.05) is 13.3 Å². The third-order valence-corrected chi connectivity index (χ3v) is 4.33. The van der Waals surface area contributed by atoms with Gasteiger partial charge in [0.2, 0.25) is 13.1 Å². The Morgan fingerprint density at radius 3 is 2.35 bits per heavy atom. The fourth-order valence-corrected chi connectivity index (χ4v) is 2.53. The lowest BCUT2D eigenvalue weighted by molar-refractivity contribution is -0.433. The van der Waals surface area contributed by atoms with Crippen LogP contribution in [0.1, 0.15) is 32.3 Å². The van der Waals surface area contributed by atoms with E-state index in [9.17, 15) is 4.79 Å². The summed E-state index contributed by atoms with van der Waals surface area (Å²) >= 11 is 0. The Bertz CT molecular complexity index is 991. The molecule has 12 heteroatoms. The molecule has 0 fully saturated rings. The Balaban J connectivity index is 1.71. The van der Waals surface area contributed by atoms with E-state index in [0.717, 1.165) is 5.56 Å². The monoisotopic (exact) mass is 562 g/mol. The highest BCUT2D eigenvalue weighted by Crippen LogP contribution is 2.11. The molecule has 0 amide bonds. The zero-order valence-corrected chi connectivity index (χ0v) is 22.4. The van der Waals surface area contributed by atoms with Crippen LogP contribution in [-0.2, 0) is 59.8 Å². The van der Waals surface area contributed by atoms with Crippen molar-refractivity contribution in [3.63, 3.8) is 0 Å². The maximum Gasteiger partial charge on any atom is 0.392 e. The van der Waals surface area contributed by atoms with Crippen LogP contribution in [0.25, 0.3) is 0 Å². The first-order valence-electron chi connectivity index (χ1n) is 12.5. The van der Waals surface area contributed by atoms with Crippen LogP contribution in [0.5, 0.6) is 5.75 Å². The highest BCUT2D eigenvalue weighted by atomic mass is 17.3. The highest BCUT2D eigenvalue weighted by molar-refractivity contribution is 5.73. The Hall–Kier alpha value is -3.67. The van der Waals surface area contributed by atoms with Crippen LogP contribution in [0.15, 0.2) is 73.0 Å². The van der Waals surface area contributed by atoms with Crippen molar-refractivity contribution < 1.29 is 58.1 Å². The number of allylic oxidation sites excluding steroid dienone is 1. The summed E-state index contributed by atoms with van der Waals surface area (Å²) in [6.07, 6.45) is 3.41. The summed E-state index contributed by atoms with van der Waals surface area (Å²) in [5, 5.41) is 0. The van der Waals surface area contributed by atoms with Crippen molar-refractivity contribution >= 4 is 5.97 Å². The van der Waals surface area contributed by atoms with Crippen LogP contribution in [0.3, 0.4) is 0 Å². The Morgan fingerprint density at radius 2 is 1.60 bits per heavy atom. The molecule has 0 aliphatic rings. The normalized spacial score (nSPS) is 12.2. The van der Waals surface area contributed by atoms with Crippen molar-refractivity contribution in [3.8, 4) is 17.8 Å². The molecule has 0 radical (unpaired) electrons. The van der Waals surface area contributed by atoms with Gasteiger partial charge >= 0.3 is 12.3 Å². The minimum atomic E-state index is -1.44. The van der Waals surface area contributed by atoms with Crippen LogP contribution in [0, 0.1) is 12.0 Å². The molecule has 0 aliphatic carbocycles. The van der Waals surface area contributed by atoms with Crippen LogP contribution >= 0.6 is 0 Å². The predicted molar refractivity (Wildman–Crippen MR) is 138 cm³/mol. The molecule has 2 unspecified atom stereocenters. The van der Waals surface area contributed by atoms with Crippen molar-refractivity contribution in [2.24, 2.45) is 0 Å². The molecule has 0 aromatic heterocycles. The molecule has 218 valence electrons. The first kappa shape index (κ1) is 32.5. The highest BCUT2D eigenvalue weighted by Gasteiger charge is 2.27. The van der Waals surface area contributed by atoms with Gasteiger partial charge in [0.25, 0.3) is 0 Å². The first-order chi connectivity index (χ1) is 19.7. The molecule has 2 rings (SSSR count). The zero-order valence-electron chi connectivity index (χ0n) is 22.4. The molecule has 0 aliphatic heterocycles. The third kappa shape index (κ3) is 15.7. The van der Waals surface area contributed by atoms with Gasteiger partial charge < -0.3 is 19.1 Å². The summed E-state index contributed by atoms with van der Waals surface area (Å²) in [6, 6.07) is 18.4. The second-order valence-corrected chi connectivity index (χ2v) is 7.43. The summed E-state index contributed by atoms with van der Waals surface area (Å²) in [5.41, 5.74) is 0.946. The fraction of sp³-hybridized carbons (Fsp3) is 0.393. The number of para-hydroxylation sites is 1. The molecule has 2 aromatic carbocycles. The van der Waals surface area contributed by atoms with E-state index >= 15 is 0 Å². The van der Waals surface area contributed by atoms with Gasteiger partial charge in [-0.25, -0.2) is 29.2 Å². The summed E-state index contributed by atoms with van der Waals surface area (Å²) in [7, 11) is 0. The molecule has 12 nitrogen and oxygen atoms in total. The van der Waals surface area contributed by atoms with Crippen molar-refractivity contribution in [1.29, 1.82) is 0 Å². The van der Waals surface area contributed by atoms with E-state index in [2.05, 4.69) is 12.0 Å². The Kier molecular flexibility index (Phi) is 18.0. The molecule has 0 heterocycles. The maximum absolute atomic E-state index is 12.6. The maximum atomic E-state index is 12.6. The lowest BCUT2D eigenvalue weighted by Crippen LogP contribution is -2.33. The second kappa shape index (κ2) is 22.2. The van der Waals surface area contributed by atoms with Gasteiger partial charge in [-0.3, -0.25) is 0 Å². The van der Waals surface area contributed by atoms with Crippen LogP contribution in [0.4, 0.5) is 0 Å². The predicted octanol–water partition coefficient (Wildman–Crippen LogP) is 4.52. The van der Waals surface area contributed by atoms with Crippen LogP contribution < -0.4 is 4.89 Å².